The molecule has 0 atom stereocenters. The van der Waals surface area contributed by atoms with Crippen LogP contribution in [0.1, 0.15) is 19.6 Å². The number of nitrogens with zero attached hydrogens (tertiary/aromatic N) is 1. The highest BCUT2D eigenvalue weighted by atomic mass is 35.5. The van der Waals surface area contributed by atoms with Crippen molar-refractivity contribution < 1.29 is 4.42 Å². The number of fused-ring (bicyclic) bond motifs is 1. The molecular weight excluding hydrogens is 258 g/mol. The van der Waals surface area contributed by atoms with Gasteiger partial charge >= 0.3 is 0 Å². The summed E-state index contributed by atoms with van der Waals surface area (Å²) in [7, 11) is 2.01. The fraction of sp³-hybridized carbons (Fsp3) is 0.375. The van der Waals surface area contributed by atoms with Gasteiger partial charge in [0, 0.05) is 17.3 Å². The van der Waals surface area contributed by atoms with Crippen LogP contribution in [0.25, 0.3) is 11.0 Å². The van der Waals surface area contributed by atoms with Crippen LogP contribution in [-0.4, -0.2) is 25.0 Å². The molecule has 19 heavy (non-hydrogen) atoms. The van der Waals surface area contributed by atoms with Crippen molar-refractivity contribution in [2.45, 2.75) is 19.3 Å². The molecule has 2 nitrogen and oxygen atoms in total. The number of furan rings is 1. The highest BCUT2D eigenvalue weighted by molar-refractivity contribution is 6.34. The van der Waals surface area contributed by atoms with Gasteiger partial charge in [-0.3, -0.25) is 4.90 Å². The van der Waals surface area contributed by atoms with Crippen LogP contribution in [0.5, 0.6) is 0 Å². The molecule has 0 unspecified atom stereocenters. The minimum Gasteiger partial charge on any atom is -0.459 e. The fourth-order valence-corrected chi connectivity index (χ4v) is 2.55. The summed E-state index contributed by atoms with van der Waals surface area (Å²) >= 11 is 6.15. The zero-order valence-electron chi connectivity index (χ0n) is 11.5. The molecule has 2 aromatic rings. The number of benzene rings is 1. The van der Waals surface area contributed by atoms with E-state index in [0.717, 1.165) is 23.3 Å². The van der Waals surface area contributed by atoms with Crippen LogP contribution >= 0.6 is 11.6 Å². The topological polar surface area (TPSA) is 16.4 Å². The van der Waals surface area contributed by atoms with Crippen LogP contribution in [0.4, 0.5) is 0 Å². The van der Waals surface area contributed by atoms with Crippen molar-refractivity contribution in [2.24, 2.45) is 0 Å². The highest BCUT2D eigenvalue weighted by Gasteiger charge is 2.26. The molecule has 3 heteroatoms. The maximum Gasteiger partial charge on any atom is 0.152 e. The molecule has 0 aliphatic carbocycles. The molecule has 0 aliphatic rings. The standard InChI is InChI=1S/C16H18ClNO/c1-5-9-18(4)11-16(2,3)14-10-12-7-6-8-13(17)15(12)19-14/h1,6-8,10H,9,11H2,2-4H3. The number of halogens is 1. The van der Waals surface area contributed by atoms with Gasteiger partial charge in [0.15, 0.2) is 5.58 Å². The van der Waals surface area contributed by atoms with Crippen molar-refractivity contribution in [3.8, 4) is 12.3 Å². The first-order valence-electron chi connectivity index (χ1n) is 6.24. The summed E-state index contributed by atoms with van der Waals surface area (Å²) in [5, 5.41) is 1.69. The molecule has 1 aromatic carbocycles. The van der Waals surface area contributed by atoms with E-state index in [9.17, 15) is 0 Å². The van der Waals surface area contributed by atoms with Gasteiger partial charge in [-0.2, -0.15) is 0 Å². The Labute approximate surface area is 119 Å². The Morgan fingerprint density at radius 2 is 2.16 bits per heavy atom. The Bertz CT molecular complexity index is 621. The first kappa shape index (κ1) is 14.0. The second-order valence-electron chi connectivity index (χ2n) is 5.53. The number of likely N-dealkylation sites (N-methyl/N-ethyl adjacent to an activating group) is 1. The van der Waals surface area contributed by atoms with Gasteiger partial charge in [0.05, 0.1) is 11.6 Å². The minimum absolute atomic E-state index is 0.117. The Hall–Kier alpha value is -1.43. The molecule has 0 N–H and O–H groups in total. The lowest BCUT2D eigenvalue weighted by atomic mass is 9.89. The number of hydrogen-bond acceptors (Lipinski definition) is 2. The third kappa shape index (κ3) is 2.94. The Morgan fingerprint density at radius 1 is 1.42 bits per heavy atom. The summed E-state index contributed by atoms with van der Waals surface area (Å²) in [5.74, 6) is 3.58. The first-order chi connectivity index (χ1) is 8.94. The first-order valence-corrected chi connectivity index (χ1v) is 6.62. The van der Waals surface area contributed by atoms with E-state index in [4.69, 9.17) is 22.4 Å². The van der Waals surface area contributed by atoms with E-state index in [1.807, 2.05) is 25.2 Å². The van der Waals surface area contributed by atoms with E-state index in [1.165, 1.54) is 0 Å². The van der Waals surface area contributed by atoms with Crippen molar-refractivity contribution in [1.82, 2.24) is 4.90 Å². The van der Waals surface area contributed by atoms with E-state index in [2.05, 4.69) is 30.7 Å². The maximum absolute atomic E-state index is 6.15. The second kappa shape index (κ2) is 5.28. The second-order valence-corrected chi connectivity index (χ2v) is 5.94. The van der Waals surface area contributed by atoms with Crippen LogP contribution in [0, 0.1) is 12.3 Å². The van der Waals surface area contributed by atoms with Crippen LogP contribution in [0.3, 0.4) is 0 Å². The zero-order chi connectivity index (χ0) is 14.0. The van der Waals surface area contributed by atoms with Crippen LogP contribution < -0.4 is 0 Å². The average Bonchev–Trinajstić information content (AvgIpc) is 2.74. The molecule has 0 aliphatic heterocycles. The average molecular weight is 276 g/mol. The predicted octanol–water partition coefficient (Wildman–Crippen LogP) is 3.93. The van der Waals surface area contributed by atoms with Crippen molar-refractivity contribution in [1.29, 1.82) is 0 Å². The van der Waals surface area contributed by atoms with Crippen molar-refractivity contribution >= 4 is 22.6 Å². The molecule has 0 fully saturated rings. The third-order valence-electron chi connectivity index (χ3n) is 3.19. The normalized spacial score (nSPS) is 12.0. The van der Waals surface area contributed by atoms with Gasteiger partial charge in [0.25, 0.3) is 0 Å². The Balaban J connectivity index is 2.32. The van der Waals surface area contributed by atoms with Crippen molar-refractivity contribution in [3.63, 3.8) is 0 Å². The zero-order valence-corrected chi connectivity index (χ0v) is 12.3. The molecule has 1 heterocycles. The number of terminal acetylenes is 1. The summed E-state index contributed by atoms with van der Waals surface area (Å²) in [5.41, 5.74) is 0.639. The van der Waals surface area contributed by atoms with E-state index < -0.39 is 0 Å². The van der Waals surface area contributed by atoms with Crippen LogP contribution in [0.2, 0.25) is 5.02 Å². The van der Waals surface area contributed by atoms with E-state index in [-0.39, 0.29) is 5.41 Å². The summed E-state index contributed by atoms with van der Waals surface area (Å²) in [4.78, 5) is 2.11. The number of para-hydroxylation sites is 1. The summed E-state index contributed by atoms with van der Waals surface area (Å²) in [6.45, 7) is 5.75. The van der Waals surface area contributed by atoms with Gasteiger partial charge in [-0.1, -0.05) is 43.5 Å². The van der Waals surface area contributed by atoms with Gasteiger partial charge in [-0.25, -0.2) is 0 Å². The van der Waals surface area contributed by atoms with Gasteiger partial charge in [-0.15, -0.1) is 6.42 Å². The summed E-state index contributed by atoms with van der Waals surface area (Å²) in [6.07, 6.45) is 5.34. The molecule has 0 saturated heterocycles. The minimum atomic E-state index is -0.117. The molecular formula is C16H18ClNO. The number of hydrogen-bond donors (Lipinski definition) is 0. The summed E-state index contributed by atoms with van der Waals surface area (Å²) < 4.78 is 5.93. The molecule has 100 valence electrons. The largest absolute Gasteiger partial charge is 0.459 e. The molecule has 0 saturated carbocycles. The van der Waals surface area contributed by atoms with E-state index >= 15 is 0 Å². The van der Waals surface area contributed by atoms with Crippen LogP contribution in [0.15, 0.2) is 28.7 Å². The molecule has 1 aromatic heterocycles. The van der Waals surface area contributed by atoms with Gasteiger partial charge < -0.3 is 4.42 Å². The predicted molar refractivity (Wildman–Crippen MR) is 80.6 cm³/mol. The van der Waals surface area contributed by atoms with E-state index in [0.29, 0.717) is 11.6 Å². The fourth-order valence-electron chi connectivity index (χ4n) is 2.33. The number of rotatable bonds is 4. The van der Waals surface area contributed by atoms with Gasteiger partial charge in [0.1, 0.15) is 5.76 Å². The molecule has 0 bridgehead atoms. The Kier molecular flexibility index (Phi) is 3.89. The smallest absolute Gasteiger partial charge is 0.152 e. The molecule has 0 amide bonds. The lowest BCUT2D eigenvalue weighted by molar-refractivity contribution is 0.267. The van der Waals surface area contributed by atoms with Gasteiger partial charge in [-0.05, 0) is 19.2 Å². The van der Waals surface area contributed by atoms with Crippen molar-refractivity contribution in [3.05, 3.63) is 35.0 Å². The van der Waals surface area contributed by atoms with Gasteiger partial charge in [0.2, 0.25) is 0 Å². The Morgan fingerprint density at radius 3 is 2.79 bits per heavy atom. The highest BCUT2D eigenvalue weighted by Crippen LogP contribution is 2.33. The molecule has 0 radical (unpaired) electrons. The SMILES string of the molecule is C#CCN(C)CC(C)(C)c1cc2cccc(Cl)c2o1. The lowest BCUT2D eigenvalue weighted by Gasteiger charge is -2.27. The molecule has 0 spiro atoms. The monoisotopic (exact) mass is 275 g/mol. The summed E-state index contributed by atoms with van der Waals surface area (Å²) in [6, 6.07) is 7.84. The lowest BCUT2D eigenvalue weighted by Crippen LogP contribution is -2.34. The third-order valence-corrected chi connectivity index (χ3v) is 3.49. The quantitative estimate of drug-likeness (QED) is 0.786. The van der Waals surface area contributed by atoms with Crippen LogP contribution in [-0.2, 0) is 5.41 Å². The maximum atomic E-state index is 6.15. The molecule has 2 rings (SSSR count). The van der Waals surface area contributed by atoms with E-state index in [1.54, 1.807) is 0 Å². The van der Waals surface area contributed by atoms with Crippen molar-refractivity contribution in [2.75, 3.05) is 20.1 Å².